The number of H-pyrrole nitrogens is 1. The Morgan fingerprint density at radius 3 is 2.70 bits per heavy atom. The fourth-order valence-electron chi connectivity index (χ4n) is 3.03. The number of nitrogens with zero attached hydrogens (tertiary/aromatic N) is 3. The fourth-order valence-corrected chi connectivity index (χ4v) is 3.03. The molecule has 27 heavy (non-hydrogen) atoms. The number of fused-ring (bicyclic) bond motifs is 1. The van der Waals surface area contributed by atoms with Gasteiger partial charge in [-0.3, -0.25) is 14.7 Å². The van der Waals surface area contributed by atoms with Gasteiger partial charge in [0.15, 0.2) is 0 Å². The molecule has 0 spiro atoms. The van der Waals surface area contributed by atoms with Crippen LogP contribution in [0.3, 0.4) is 0 Å². The number of aromatic amines is 1. The van der Waals surface area contributed by atoms with Gasteiger partial charge in [-0.25, -0.2) is 4.98 Å². The summed E-state index contributed by atoms with van der Waals surface area (Å²) in [7, 11) is 0. The Labute approximate surface area is 157 Å². The number of hydrogen-bond donors (Lipinski definition) is 2. The van der Waals surface area contributed by atoms with Crippen molar-refractivity contribution >= 4 is 11.7 Å². The third-order valence-corrected chi connectivity index (χ3v) is 4.69. The van der Waals surface area contributed by atoms with Crippen LogP contribution in [0.1, 0.15) is 42.4 Å². The first-order valence-electron chi connectivity index (χ1n) is 9.22. The predicted molar refractivity (Wildman–Crippen MR) is 104 cm³/mol. The lowest BCUT2D eigenvalue weighted by Gasteiger charge is -2.13. The van der Waals surface area contributed by atoms with Crippen molar-refractivity contribution < 1.29 is 4.79 Å². The molecular weight excluding hydrogens is 342 g/mol. The molecule has 0 aliphatic heterocycles. The van der Waals surface area contributed by atoms with Crippen LogP contribution in [0.5, 0.6) is 0 Å². The molecule has 2 aromatic heterocycles. The summed E-state index contributed by atoms with van der Waals surface area (Å²) >= 11 is 0. The van der Waals surface area contributed by atoms with Crippen molar-refractivity contribution in [1.29, 1.82) is 0 Å². The van der Waals surface area contributed by atoms with E-state index in [0.717, 1.165) is 19.3 Å². The minimum atomic E-state index is -0.189. The molecule has 2 N–H and O–H groups in total. The van der Waals surface area contributed by atoms with E-state index >= 15 is 0 Å². The van der Waals surface area contributed by atoms with Gasteiger partial charge in [0.2, 0.25) is 5.91 Å². The summed E-state index contributed by atoms with van der Waals surface area (Å²) in [5, 5.41) is 5.86. The van der Waals surface area contributed by atoms with Gasteiger partial charge in [-0.1, -0.05) is 30.3 Å². The maximum absolute atomic E-state index is 12.3. The quantitative estimate of drug-likeness (QED) is 0.669. The van der Waals surface area contributed by atoms with Crippen LogP contribution >= 0.6 is 0 Å². The first-order valence-corrected chi connectivity index (χ1v) is 9.22. The van der Waals surface area contributed by atoms with E-state index in [1.54, 1.807) is 13.8 Å². The third-order valence-electron chi connectivity index (χ3n) is 4.69. The summed E-state index contributed by atoms with van der Waals surface area (Å²) in [6, 6.07) is 10.4. The second-order valence-electron chi connectivity index (χ2n) is 6.96. The molecule has 0 aliphatic carbocycles. The molecule has 0 saturated heterocycles. The highest BCUT2D eigenvalue weighted by atomic mass is 16.2. The lowest BCUT2D eigenvalue weighted by Crippen LogP contribution is -2.34. The first kappa shape index (κ1) is 18.8. The van der Waals surface area contributed by atoms with Crippen LogP contribution in [-0.4, -0.2) is 31.5 Å². The molecule has 0 aliphatic rings. The van der Waals surface area contributed by atoms with E-state index in [2.05, 4.69) is 32.5 Å². The van der Waals surface area contributed by atoms with E-state index in [0.29, 0.717) is 22.9 Å². The summed E-state index contributed by atoms with van der Waals surface area (Å²) in [5.41, 5.74) is 2.33. The Bertz CT molecular complexity index is 991. The zero-order chi connectivity index (χ0) is 19.4. The van der Waals surface area contributed by atoms with E-state index < -0.39 is 0 Å². The number of carbonyl (C=O) groups is 1. The lowest BCUT2D eigenvalue weighted by molar-refractivity contribution is -0.121. The molecule has 7 heteroatoms. The first-order chi connectivity index (χ1) is 12.9. The monoisotopic (exact) mass is 367 g/mol. The van der Waals surface area contributed by atoms with E-state index in [4.69, 9.17) is 0 Å². The smallest absolute Gasteiger partial charge is 0.277 e. The van der Waals surface area contributed by atoms with Crippen molar-refractivity contribution in [3.8, 4) is 0 Å². The highest BCUT2D eigenvalue weighted by Gasteiger charge is 2.14. The van der Waals surface area contributed by atoms with Crippen molar-refractivity contribution in [2.75, 3.05) is 0 Å². The Morgan fingerprint density at radius 1 is 1.22 bits per heavy atom. The summed E-state index contributed by atoms with van der Waals surface area (Å²) in [5.74, 6) is 0.600. The van der Waals surface area contributed by atoms with Gasteiger partial charge in [-0.2, -0.15) is 9.50 Å². The van der Waals surface area contributed by atoms with Crippen LogP contribution in [0.2, 0.25) is 0 Å². The number of aryl methyl sites for hydroxylation is 2. The van der Waals surface area contributed by atoms with Crippen LogP contribution in [0, 0.1) is 13.8 Å². The van der Waals surface area contributed by atoms with Gasteiger partial charge in [-0.05, 0) is 45.6 Å². The Kier molecular flexibility index (Phi) is 5.69. The molecule has 7 nitrogen and oxygen atoms in total. The van der Waals surface area contributed by atoms with Gasteiger partial charge in [0.1, 0.15) is 5.82 Å². The number of hydrogen-bond acceptors (Lipinski definition) is 4. The molecular formula is C20H25N5O2. The number of benzene rings is 1. The van der Waals surface area contributed by atoms with Crippen molar-refractivity contribution in [3.05, 3.63) is 63.3 Å². The number of nitrogens with one attached hydrogen (secondary N) is 2. The van der Waals surface area contributed by atoms with Crippen LogP contribution in [-0.2, 0) is 17.6 Å². The SMILES string of the molecule is Cc1nc2nc(CC(=O)N[C@@H](C)CCCc3ccccc3)[nH]n2c(=O)c1C. The summed E-state index contributed by atoms with van der Waals surface area (Å²) in [6.45, 7) is 5.50. The maximum Gasteiger partial charge on any atom is 0.277 e. The number of aromatic nitrogens is 4. The van der Waals surface area contributed by atoms with E-state index in [1.807, 2.05) is 25.1 Å². The molecule has 1 atom stereocenters. The zero-order valence-corrected chi connectivity index (χ0v) is 16.0. The van der Waals surface area contributed by atoms with Crippen molar-refractivity contribution in [1.82, 2.24) is 24.9 Å². The van der Waals surface area contributed by atoms with Gasteiger partial charge in [0.25, 0.3) is 11.3 Å². The Balaban J connectivity index is 1.53. The summed E-state index contributed by atoms with van der Waals surface area (Å²) in [4.78, 5) is 33.0. The van der Waals surface area contributed by atoms with Gasteiger partial charge >= 0.3 is 0 Å². The molecule has 0 saturated carbocycles. The van der Waals surface area contributed by atoms with Crippen LogP contribution in [0.15, 0.2) is 35.1 Å². The Morgan fingerprint density at radius 2 is 1.96 bits per heavy atom. The molecule has 3 aromatic rings. The normalized spacial score (nSPS) is 12.3. The van der Waals surface area contributed by atoms with Crippen LogP contribution in [0.25, 0.3) is 5.78 Å². The molecule has 3 rings (SSSR count). The second kappa shape index (κ2) is 8.16. The average Bonchev–Trinajstić information content (AvgIpc) is 3.02. The van der Waals surface area contributed by atoms with Gasteiger partial charge in [0, 0.05) is 17.3 Å². The number of carbonyl (C=O) groups excluding carboxylic acids is 1. The molecule has 0 unspecified atom stereocenters. The third kappa shape index (κ3) is 4.61. The predicted octanol–water partition coefficient (Wildman–Crippen LogP) is 2.10. The standard InChI is InChI=1S/C20H25N5O2/c1-13(8-7-11-16-9-5-4-6-10-16)21-18(26)12-17-23-20-22-15(3)14(2)19(27)25(20)24-17/h4-6,9-10,13H,7-8,11-12H2,1-3H3,(H,21,26)(H,22,23,24)/t13-/m0/s1. The summed E-state index contributed by atoms with van der Waals surface area (Å²) in [6.07, 6.45) is 3.00. The molecule has 0 radical (unpaired) electrons. The molecule has 0 fully saturated rings. The van der Waals surface area contributed by atoms with E-state index in [-0.39, 0.29) is 23.9 Å². The van der Waals surface area contributed by atoms with E-state index in [9.17, 15) is 9.59 Å². The van der Waals surface area contributed by atoms with Gasteiger partial charge < -0.3 is 5.32 Å². The lowest BCUT2D eigenvalue weighted by atomic mass is 10.1. The van der Waals surface area contributed by atoms with E-state index in [1.165, 1.54) is 10.1 Å². The minimum absolute atomic E-state index is 0.0796. The molecule has 2 heterocycles. The van der Waals surface area contributed by atoms with Gasteiger partial charge in [-0.15, -0.1) is 0 Å². The van der Waals surface area contributed by atoms with Crippen molar-refractivity contribution in [2.45, 2.75) is 52.5 Å². The molecule has 1 aromatic carbocycles. The van der Waals surface area contributed by atoms with Crippen molar-refractivity contribution in [2.24, 2.45) is 0 Å². The highest BCUT2D eigenvalue weighted by molar-refractivity contribution is 5.78. The topological polar surface area (TPSA) is 92.2 Å². The molecule has 142 valence electrons. The second-order valence-corrected chi connectivity index (χ2v) is 6.96. The van der Waals surface area contributed by atoms with Crippen LogP contribution in [0.4, 0.5) is 0 Å². The minimum Gasteiger partial charge on any atom is -0.353 e. The highest BCUT2D eigenvalue weighted by Crippen LogP contribution is 2.07. The summed E-state index contributed by atoms with van der Waals surface area (Å²) < 4.78 is 1.29. The fraction of sp³-hybridized carbons (Fsp3) is 0.400. The zero-order valence-electron chi connectivity index (χ0n) is 16.0. The Hall–Kier alpha value is -2.96. The van der Waals surface area contributed by atoms with Crippen LogP contribution < -0.4 is 10.9 Å². The average molecular weight is 367 g/mol. The molecule has 1 amide bonds. The van der Waals surface area contributed by atoms with Gasteiger partial charge in [0.05, 0.1) is 6.42 Å². The largest absolute Gasteiger partial charge is 0.353 e. The number of rotatable bonds is 7. The maximum atomic E-state index is 12.3. The van der Waals surface area contributed by atoms with Crippen molar-refractivity contribution in [3.63, 3.8) is 0 Å². The molecule has 0 bridgehead atoms. The number of amides is 1.